The Morgan fingerprint density at radius 1 is 1.31 bits per heavy atom. The largest absolute Gasteiger partial charge is 0.611 e. The minimum absolute atomic E-state index is 0.0588. The average molecular weight is 455 g/mol. The number of rotatable bonds is 6. The molecule has 2 aliphatic heterocycles. The van der Waals surface area contributed by atoms with Gasteiger partial charge in [-0.15, -0.1) is 0 Å². The number of aliphatic hydroxyl groups excluding tert-OH is 1. The Morgan fingerprint density at radius 2 is 2.16 bits per heavy atom. The van der Waals surface area contributed by atoms with Gasteiger partial charge in [0.1, 0.15) is 17.1 Å². The van der Waals surface area contributed by atoms with Gasteiger partial charge in [-0.1, -0.05) is 0 Å². The van der Waals surface area contributed by atoms with Gasteiger partial charge in [0.05, 0.1) is 18.4 Å². The third-order valence-corrected chi connectivity index (χ3v) is 8.26. The molecule has 0 amide bonds. The summed E-state index contributed by atoms with van der Waals surface area (Å²) in [6.45, 7) is 1.74. The maximum Gasteiger partial charge on any atom is 0.227 e. The van der Waals surface area contributed by atoms with E-state index in [4.69, 9.17) is 14.4 Å². The van der Waals surface area contributed by atoms with Crippen molar-refractivity contribution in [3.8, 4) is 11.5 Å². The second kappa shape index (κ2) is 7.79. The van der Waals surface area contributed by atoms with Gasteiger partial charge >= 0.3 is 0 Å². The molecule has 1 saturated carbocycles. The van der Waals surface area contributed by atoms with Crippen LogP contribution in [0.25, 0.3) is 11.5 Å². The molecule has 0 radical (unpaired) electrons. The first-order valence-electron chi connectivity index (χ1n) is 11.2. The number of fused-ring (bicyclic) bond motifs is 1. The maximum absolute atomic E-state index is 12.6. The zero-order valence-electron chi connectivity index (χ0n) is 17.7. The summed E-state index contributed by atoms with van der Waals surface area (Å²) < 4.78 is 18.0. The van der Waals surface area contributed by atoms with Gasteiger partial charge in [-0.2, -0.15) is 10.1 Å². The molecule has 0 aromatic carbocycles. The highest BCUT2D eigenvalue weighted by atomic mass is 32.2. The second-order valence-electron chi connectivity index (χ2n) is 8.96. The molecular formula is C22H26N6O3S. The van der Waals surface area contributed by atoms with Gasteiger partial charge in [0, 0.05) is 31.1 Å². The third-order valence-electron chi connectivity index (χ3n) is 6.80. The van der Waals surface area contributed by atoms with E-state index in [2.05, 4.69) is 26.5 Å². The van der Waals surface area contributed by atoms with Crippen molar-refractivity contribution in [3.63, 3.8) is 0 Å². The van der Waals surface area contributed by atoms with E-state index in [0.717, 1.165) is 66.5 Å². The number of aromatic amines is 1. The summed E-state index contributed by atoms with van der Waals surface area (Å²) in [6.07, 6.45) is 6.10. The van der Waals surface area contributed by atoms with Gasteiger partial charge in [0.15, 0.2) is 11.6 Å². The Hall–Kier alpha value is -2.56. The first kappa shape index (κ1) is 20.1. The number of piperidine rings is 1. The van der Waals surface area contributed by atoms with Crippen molar-refractivity contribution in [2.45, 2.75) is 48.5 Å². The minimum Gasteiger partial charge on any atom is -0.611 e. The predicted molar refractivity (Wildman–Crippen MR) is 120 cm³/mol. The quantitative estimate of drug-likeness (QED) is 0.485. The van der Waals surface area contributed by atoms with Crippen LogP contribution in [0.4, 0.5) is 11.8 Å². The lowest BCUT2D eigenvalue weighted by molar-refractivity contribution is 0.265. The maximum atomic E-state index is 12.6. The highest BCUT2D eigenvalue weighted by molar-refractivity contribution is 7.91. The molecule has 3 aromatic heterocycles. The fourth-order valence-electron chi connectivity index (χ4n) is 4.62. The van der Waals surface area contributed by atoms with E-state index in [0.29, 0.717) is 29.9 Å². The highest BCUT2D eigenvalue weighted by Gasteiger charge is 2.45. The van der Waals surface area contributed by atoms with E-state index >= 15 is 0 Å². The van der Waals surface area contributed by atoms with Crippen LogP contribution in [0, 0.1) is 0 Å². The molecule has 3 aliphatic rings. The zero-order valence-corrected chi connectivity index (χ0v) is 18.5. The van der Waals surface area contributed by atoms with Crippen LogP contribution in [0.15, 0.2) is 33.8 Å². The van der Waals surface area contributed by atoms with Gasteiger partial charge in [0.2, 0.25) is 10.8 Å². The summed E-state index contributed by atoms with van der Waals surface area (Å²) >= 11 is -1.08. The molecule has 5 heterocycles. The van der Waals surface area contributed by atoms with Crippen molar-refractivity contribution in [1.82, 2.24) is 20.2 Å². The van der Waals surface area contributed by atoms with E-state index in [1.807, 2.05) is 12.1 Å². The first-order chi connectivity index (χ1) is 15.6. The van der Waals surface area contributed by atoms with E-state index in [1.165, 1.54) is 0 Å². The number of nitrogens with zero attached hydrogens (tertiary/aromatic N) is 4. The summed E-state index contributed by atoms with van der Waals surface area (Å²) in [5.41, 5.74) is 2.52. The van der Waals surface area contributed by atoms with Gasteiger partial charge in [0.25, 0.3) is 0 Å². The Balaban J connectivity index is 1.19. The van der Waals surface area contributed by atoms with Gasteiger partial charge in [-0.25, -0.2) is 4.98 Å². The van der Waals surface area contributed by atoms with Gasteiger partial charge < -0.3 is 24.3 Å². The minimum atomic E-state index is -1.08. The number of hydrogen-bond acceptors (Lipinski definition) is 8. The Labute approximate surface area is 188 Å². The average Bonchev–Trinajstić information content (AvgIpc) is 3.23. The number of aliphatic hydroxyl groups is 1. The van der Waals surface area contributed by atoms with Crippen molar-refractivity contribution in [2.75, 3.05) is 35.7 Å². The van der Waals surface area contributed by atoms with Gasteiger partial charge in [-0.05, 0) is 55.1 Å². The SMILES string of the molecule is [O-][S+]1CCc2nc(N3CCC(c4cc(-c5ccco5)n[nH]4)CC3)nc(NC3(CO)CC3)c21. The molecule has 0 bridgehead atoms. The number of aryl methyl sites for hydroxylation is 1. The summed E-state index contributed by atoms with van der Waals surface area (Å²) in [4.78, 5) is 12.5. The van der Waals surface area contributed by atoms with Crippen molar-refractivity contribution >= 4 is 22.9 Å². The second-order valence-corrected chi connectivity index (χ2v) is 10.5. The molecule has 9 nitrogen and oxygen atoms in total. The highest BCUT2D eigenvalue weighted by Crippen LogP contribution is 2.42. The molecule has 10 heteroatoms. The molecular weight excluding hydrogens is 428 g/mol. The molecule has 168 valence electrons. The lowest BCUT2D eigenvalue weighted by atomic mass is 9.93. The van der Waals surface area contributed by atoms with Crippen LogP contribution >= 0.6 is 0 Å². The Bertz CT molecular complexity index is 1110. The molecule has 0 spiro atoms. The number of aromatic nitrogens is 4. The van der Waals surface area contributed by atoms with Crippen molar-refractivity contribution in [1.29, 1.82) is 0 Å². The Kier molecular flexibility index (Phi) is 4.89. The number of anilines is 2. The monoisotopic (exact) mass is 454 g/mol. The third kappa shape index (κ3) is 3.56. The van der Waals surface area contributed by atoms with Crippen LogP contribution in [0.2, 0.25) is 0 Å². The van der Waals surface area contributed by atoms with Crippen LogP contribution in [0.3, 0.4) is 0 Å². The van der Waals surface area contributed by atoms with Crippen LogP contribution < -0.4 is 10.2 Å². The summed E-state index contributed by atoms with van der Waals surface area (Å²) in [6, 6.07) is 5.85. The molecule has 1 unspecified atom stereocenters. The number of hydrogen-bond donors (Lipinski definition) is 3. The summed E-state index contributed by atoms with van der Waals surface area (Å²) in [7, 11) is 0. The Morgan fingerprint density at radius 3 is 2.88 bits per heavy atom. The molecule has 1 saturated heterocycles. The molecule has 1 aliphatic carbocycles. The van der Waals surface area contributed by atoms with Gasteiger partial charge in [-0.3, -0.25) is 5.10 Å². The predicted octanol–water partition coefficient (Wildman–Crippen LogP) is 2.44. The first-order valence-corrected chi connectivity index (χ1v) is 12.5. The molecule has 2 fully saturated rings. The van der Waals surface area contributed by atoms with Crippen LogP contribution in [0.1, 0.15) is 43.0 Å². The topological polar surface area (TPSA) is 126 Å². The summed E-state index contributed by atoms with van der Waals surface area (Å²) in [5, 5.41) is 20.7. The van der Waals surface area contributed by atoms with Crippen LogP contribution in [-0.4, -0.2) is 60.8 Å². The zero-order chi connectivity index (χ0) is 21.7. The van der Waals surface area contributed by atoms with Crippen molar-refractivity contribution < 1.29 is 14.1 Å². The standard InChI is InChI=1S/C22H26N6O3S/c29-13-22(6-7-22)25-20-19-15(5-11-32(19)30)23-21(24-20)28-8-3-14(4-9-28)16-12-17(27-26-16)18-2-1-10-31-18/h1-2,10,12,14,29H,3-9,11,13H2,(H,26,27)(H,23,24,25). The summed E-state index contributed by atoms with van der Waals surface area (Å²) in [5.74, 6) is 3.09. The van der Waals surface area contributed by atoms with Crippen molar-refractivity contribution in [2.24, 2.45) is 0 Å². The molecule has 3 aromatic rings. The molecule has 1 atom stereocenters. The van der Waals surface area contributed by atoms with E-state index in [-0.39, 0.29) is 12.1 Å². The lowest BCUT2D eigenvalue weighted by Crippen LogP contribution is -2.35. The molecule has 32 heavy (non-hydrogen) atoms. The van der Waals surface area contributed by atoms with E-state index in [9.17, 15) is 9.66 Å². The lowest BCUT2D eigenvalue weighted by Gasteiger charge is -2.32. The van der Waals surface area contributed by atoms with Crippen LogP contribution in [0.5, 0.6) is 0 Å². The van der Waals surface area contributed by atoms with Crippen molar-refractivity contribution in [3.05, 3.63) is 35.9 Å². The molecule has 6 rings (SSSR count). The fourth-order valence-corrected chi connectivity index (χ4v) is 5.93. The number of nitrogens with one attached hydrogen (secondary N) is 2. The van der Waals surface area contributed by atoms with Crippen LogP contribution in [-0.2, 0) is 17.6 Å². The number of furan rings is 1. The molecule has 3 N–H and O–H groups in total. The van der Waals surface area contributed by atoms with E-state index < -0.39 is 11.2 Å². The number of H-pyrrole nitrogens is 1. The van der Waals surface area contributed by atoms with E-state index in [1.54, 1.807) is 6.26 Å². The fraction of sp³-hybridized carbons (Fsp3) is 0.500. The normalized spacial score (nSPS) is 22.2. The smallest absolute Gasteiger partial charge is 0.227 e.